The Morgan fingerprint density at radius 2 is 1.67 bits per heavy atom. The third-order valence-corrected chi connectivity index (χ3v) is 4.98. The van der Waals surface area contributed by atoms with E-state index in [4.69, 9.17) is 13.9 Å². The van der Waals surface area contributed by atoms with Gasteiger partial charge in [-0.3, -0.25) is 4.79 Å². The minimum Gasteiger partial charge on any atom is -0.493 e. The summed E-state index contributed by atoms with van der Waals surface area (Å²) in [7, 11) is 0. The van der Waals surface area contributed by atoms with E-state index in [-0.39, 0.29) is 17.1 Å². The smallest absolute Gasteiger partial charge is 0.235 e. The van der Waals surface area contributed by atoms with Crippen molar-refractivity contribution in [1.82, 2.24) is 0 Å². The lowest BCUT2D eigenvalue weighted by atomic mass is 10.0. The van der Waals surface area contributed by atoms with Gasteiger partial charge in [-0.15, -0.1) is 0 Å². The lowest BCUT2D eigenvalue weighted by Crippen LogP contribution is -2.06. The largest absolute Gasteiger partial charge is 0.493 e. The Labute approximate surface area is 175 Å². The summed E-state index contributed by atoms with van der Waals surface area (Å²) in [6.45, 7) is 4.72. The van der Waals surface area contributed by atoms with Gasteiger partial charge in [-0.05, 0) is 35.2 Å². The summed E-state index contributed by atoms with van der Waals surface area (Å²) in [6.07, 6.45) is 2.18. The number of rotatable bonds is 7. The van der Waals surface area contributed by atoms with Gasteiger partial charge in [-0.2, -0.15) is 0 Å². The molecule has 0 radical (unpaired) electrons. The fraction of sp³-hybridized carbons (Fsp3) is 0.192. The molecule has 30 heavy (non-hydrogen) atoms. The SMILES string of the molecule is CC(C)c1ccccc1Oc1coc2cc(OCCc3ccccc3)ccc2c1=O. The Kier molecular flexibility index (Phi) is 5.84. The monoisotopic (exact) mass is 400 g/mol. The standard InChI is InChI=1S/C26H24O4/c1-18(2)21-10-6-7-11-23(21)30-25-17-29-24-16-20(12-13-22(24)26(25)27)28-15-14-19-8-4-3-5-9-19/h3-13,16-18H,14-15H2,1-2H3. The number of fused-ring (bicyclic) bond motifs is 1. The summed E-state index contributed by atoms with van der Waals surface area (Å²) < 4.78 is 17.4. The molecule has 0 unspecified atom stereocenters. The zero-order valence-electron chi connectivity index (χ0n) is 17.1. The first-order valence-corrected chi connectivity index (χ1v) is 10.1. The van der Waals surface area contributed by atoms with Gasteiger partial charge in [0, 0.05) is 12.5 Å². The molecule has 1 heterocycles. The second-order valence-electron chi connectivity index (χ2n) is 7.47. The summed E-state index contributed by atoms with van der Waals surface area (Å²) in [5.74, 6) is 1.79. The van der Waals surface area contributed by atoms with Crippen LogP contribution in [0.3, 0.4) is 0 Å². The molecule has 4 heteroatoms. The average molecular weight is 400 g/mol. The van der Waals surface area contributed by atoms with Crippen LogP contribution < -0.4 is 14.9 Å². The zero-order chi connectivity index (χ0) is 20.9. The van der Waals surface area contributed by atoms with Crippen LogP contribution in [0.1, 0.15) is 30.9 Å². The molecule has 0 saturated heterocycles. The van der Waals surface area contributed by atoms with E-state index in [1.54, 1.807) is 18.2 Å². The van der Waals surface area contributed by atoms with E-state index < -0.39 is 0 Å². The van der Waals surface area contributed by atoms with Crippen LogP contribution in [0, 0.1) is 0 Å². The van der Waals surface area contributed by atoms with Crippen molar-refractivity contribution >= 4 is 11.0 Å². The normalized spacial score (nSPS) is 11.0. The van der Waals surface area contributed by atoms with Crippen LogP contribution in [0.15, 0.2) is 88.3 Å². The van der Waals surface area contributed by atoms with Crippen molar-refractivity contribution in [2.45, 2.75) is 26.2 Å². The van der Waals surface area contributed by atoms with E-state index in [1.165, 1.54) is 11.8 Å². The lowest BCUT2D eigenvalue weighted by molar-refractivity contribution is 0.322. The molecule has 0 fully saturated rings. The second kappa shape index (κ2) is 8.87. The van der Waals surface area contributed by atoms with Crippen LogP contribution in [0.2, 0.25) is 0 Å². The van der Waals surface area contributed by atoms with Gasteiger partial charge in [0.15, 0.2) is 0 Å². The number of ether oxygens (including phenoxy) is 2. The van der Waals surface area contributed by atoms with Gasteiger partial charge >= 0.3 is 0 Å². The number of benzene rings is 3. The Balaban J connectivity index is 1.52. The van der Waals surface area contributed by atoms with Crippen LogP contribution >= 0.6 is 0 Å². The highest BCUT2D eigenvalue weighted by molar-refractivity contribution is 5.79. The molecule has 3 aromatic carbocycles. The minimum absolute atomic E-state index is 0.174. The maximum Gasteiger partial charge on any atom is 0.235 e. The zero-order valence-corrected chi connectivity index (χ0v) is 17.1. The maximum atomic E-state index is 12.9. The molecule has 0 spiro atoms. The van der Waals surface area contributed by atoms with Gasteiger partial charge in [-0.1, -0.05) is 62.4 Å². The second-order valence-corrected chi connectivity index (χ2v) is 7.47. The van der Waals surface area contributed by atoms with Gasteiger partial charge in [0.1, 0.15) is 23.3 Å². The first-order chi connectivity index (χ1) is 14.6. The van der Waals surface area contributed by atoms with Crippen LogP contribution in [-0.4, -0.2) is 6.61 Å². The van der Waals surface area contributed by atoms with Crippen molar-refractivity contribution in [3.05, 3.63) is 100 Å². The number of hydrogen-bond acceptors (Lipinski definition) is 4. The van der Waals surface area contributed by atoms with E-state index in [0.29, 0.717) is 29.1 Å². The van der Waals surface area contributed by atoms with Crippen molar-refractivity contribution in [2.24, 2.45) is 0 Å². The van der Waals surface area contributed by atoms with Gasteiger partial charge in [0.2, 0.25) is 11.2 Å². The molecule has 0 atom stereocenters. The molecule has 0 aliphatic heterocycles. The molecule has 4 nitrogen and oxygen atoms in total. The van der Waals surface area contributed by atoms with Gasteiger partial charge < -0.3 is 13.9 Å². The molecule has 0 bridgehead atoms. The predicted octanol–water partition coefficient (Wildman–Crippen LogP) is 6.33. The van der Waals surface area contributed by atoms with E-state index >= 15 is 0 Å². The predicted molar refractivity (Wildman–Crippen MR) is 119 cm³/mol. The van der Waals surface area contributed by atoms with E-state index in [2.05, 4.69) is 26.0 Å². The quantitative estimate of drug-likeness (QED) is 0.364. The Morgan fingerprint density at radius 1 is 0.900 bits per heavy atom. The third-order valence-electron chi connectivity index (χ3n) is 4.98. The van der Waals surface area contributed by atoms with Crippen LogP contribution in [0.4, 0.5) is 0 Å². The lowest BCUT2D eigenvalue weighted by Gasteiger charge is -2.13. The molecule has 0 aliphatic rings. The molecular formula is C26H24O4. The van der Waals surface area contributed by atoms with E-state index in [0.717, 1.165) is 12.0 Å². The van der Waals surface area contributed by atoms with Crippen molar-refractivity contribution in [3.63, 3.8) is 0 Å². The fourth-order valence-electron chi connectivity index (χ4n) is 3.35. The molecule has 1 aromatic heterocycles. The fourth-order valence-corrected chi connectivity index (χ4v) is 3.35. The van der Waals surface area contributed by atoms with Crippen LogP contribution in [0.25, 0.3) is 11.0 Å². The third kappa shape index (κ3) is 4.38. The topological polar surface area (TPSA) is 48.7 Å². The van der Waals surface area contributed by atoms with Gasteiger partial charge in [0.05, 0.1) is 12.0 Å². The van der Waals surface area contributed by atoms with Crippen molar-refractivity contribution < 1.29 is 13.9 Å². The summed E-state index contributed by atoms with van der Waals surface area (Å²) in [4.78, 5) is 12.9. The molecule has 0 amide bonds. The molecule has 4 aromatic rings. The highest BCUT2D eigenvalue weighted by Gasteiger charge is 2.13. The summed E-state index contributed by atoms with van der Waals surface area (Å²) in [5, 5.41) is 0.463. The highest BCUT2D eigenvalue weighted by atomic mass is 16.5. The number of para-hydroxylation sites is 1. The molecule has 0 N–H and O–H groups in total. The molecule has 4 rings (SSSR count). The van der Waals surface area contributed by atoms with Crippen LogP contribution in [-0.2, 0) is 6.42 Å². The maximum absolute atomic E-state index is 12.9. The molecule has 152 valence electrons. The average Bonchev–Trinajstić information content (AvgIpc) is 2.77. The molecule has 0 saturated carbocycles. The van der Waals surface area contributed by atoms with Crippen LogP contribution in [0.5, 0.6) is 17.2 Å². The highest BCUT2D eigenvalue weighted by Crippen LogP contribution is 2.30. The molecule has 0 aliphatic carbocycles. The number of hydrogen-bond donors (Lipinski definition) is 0. The Morgan fingerprint density at radius 3 is 2.47 bits per heavy atom. The summed E-state index contributed by atoms with van der Waals surface area (Å²) in [6, 6.07) is 23.1. The van der Waals surface area contributed by atoms with Crippen molar-refractivity contribution in [2.75, 3.05) is 6.61 Å². The Hall–Kier alpha value is -3.53. The Bertz CT molecular complexity index is 1190. The van der Waals surface area contributed by atoms with Gasteiger partial charge in [0.25, 0.3) is 0 Å². The van der Waals surface area contributed by atoms with Crippen molar-refractivity contribution in [1.29, 1.82) is 0 Å². The summed E-state index contributed by atoms with van der Waals surface area (Å²) in [5.41, 5.74) is 2.53. The first-order valence-electron chi connectivity index (χ1n) is 10.1. The minimum atomic E-state index is -0.203. The van der Waals surface area contributed by atoms with E-state index in [9.17, 15) is 4.79 Å². The first kappa shape index (κ1) is 19.8. The van der Waals surface area contributed by atoms with Crippen molar-refractivity contribution in [3.8, 4) is 17.2 Å². The summed E-state index contributed by atoms with van der Waals surface area (Å²) >= 11 is 0. The molecular weight excluding hydrogens is 376 g/mol. The van der Waals surface area contributed by atoms with E-state index in [1.807, 2.05) is 42.5 Å². The van der Waals surface area contributed by atoms with Gasteiger partial charge in [-0.25, -0.2) is 0 Å².